The molecule has 4 aliphatic rings. The van der Waals surface area contributed by atoms with Gasteiger partial charge < -0.3 is 50.9 Å². The average Bonchev–Trinajstić information content (AvgIpc) is 3.01. The maximum atomic E-state index is 14.2. The quantitative estimate of drug-likeness (QED) is 0.148. The molecule has 3 aliphatic heterocycles. The number of aliphatic hydroxyl groups is 5. The summed E-state index contributed by atoms with van der Waals surface area (Å²) in [5, 5.41) is 72.4. The van der Waals surface area contributed by atoms with Crippen molar-refractivity contribution in [2.24, 2.45) is 5.92 Å². The molecule has 1 aromatic heterocycles. The number of β-amino-alcohol motifs (C(OH)–C–C–N with tert-alkyl or cyclic N) is 1. The first kappa shape index (κ1) is 31.4. The summed E-state index contributed by atoms with van der Waals surface area (Å²) in [5.41, 5.74) is 1.44. The van der Waals surface area contributed by atoms with Crippen LogP contribution < -0.4 is 15.5 Å². The lowest BCUT2D eigenvalue weighted by molar-refractivity contribution is -0.336. The number of nitrogens with one attached hydrogen (secondary N) is 2. The topological polar surface area (TPSA) is 214 Å². The minimum absolute atomic E-state index is 0.00165. The molecule has 47 heavy (non-hydrogen) atoms. The molecule has 14 nitrogen and oxygen atoms in total. The Balaban J connectivity index is 1.46. The normalized spacial score (nSPS) is 30.5. The fourth-order valence-corrected chi connectivity index (χ4v) is 7.00. The van der Waals surface area contributed by atoms with Gasteiger partial charge in [-0.25, -0.2) is 4.98 Å². The highest BCUT2D eigenvalue weighted by Crippen LogP contribution is 2.45. The number of phenolic OH excluding ortho intramolecular Hbond substituents is 1. The zero-order valence-electron chi connectivity index (χ0n) is 25.8. The number of aliphatic hydroxyl groups excluding tert-OH is 5. The number of phenols is 1. The smallest absolute Gasteiger partial charge is 0.229 e. The molecule has 0 saturated carbocycles. The predicted octanol–water partition coefficient (Wildman–Crippen LogP) is 0.436. The predicted molar refractivity (Wildman–Crippen MR) is 166 cm³/mol. The van der Waals surface area contributed by atoms with Crippen molar-refractivity contribution in [3.05, 3.63) is 70.1 Å². The molecule has 14 heteroatoms. The van der Waals surface area contributed by atoms with Crippen molar-refractivity contribution in [3.63, 3.8) is 0 Å². The summed E-state index contributed by atoms with van der Waals surface area (Å²) < 4.78 is 12.4. The summed E-state index contributed by atoms with van der Waals surface area (Å²) in [4.78, 5) is 32.8. The van der Waals surface area contributed by atoms with Crippen LogP contribution in [0.4, 0.5) is 5.82 Å². The number of aryl methyl sites for hydroxylation is 1. The molecule has 4 heterocycles. The van der Waals surface area contributed by atoms with Crippen molar-refractivity contribution < 1.29 is 49.7 Å². The van der Waals surface area contributed by atoms with E-state index in [0.717, 1.165) is 0 Å². The molecule has 3 aromatic rings. The van der Waals surface area contributed by atoms with Crippen LogP contribution in [0, 0.1) is 12.8 Å². The monoisotopic (exact) mass is 648 g/mol. The number of hydrogen-bond acceptors (Lipinski definition) is 14. The summed E-state index contributed by atoms with van der Waals surface area (Å²) in [5.74, 6) is -1.64. The fourth-order valence-electron chi connectivity index (χ4n) is 7.00. The van der Waals surface area contributed by atoms with Gasteiger partial charge in [-0.3, -0.25) is 9.59 Å². The second-order valence-corrected chi connectivity index (χ2v) is 13.1. The average molecular weight is 649 g/mol. The van der Waals surface area contributed by atoms with Crippen LogP contribution in [0.15, 0.2) is 42.2 Å². The first-order valence-electron chi connectivity index (χ1n) is 15.4. The minimum atomic E-state index is -2.08. The number of ketones is 2. The van der Waals surface area contributed by atoms with Gasteiger partial charge in [0.2, 0.25) is 12.1 Å². The van der Waals surface area contributed by atoms with E-state index in [9.17, 15) is 40.2 Å². The molecule has 248 valence electrons. The zero-order chi connectivity index (χ0) is 33.5. The van der Waals surface area contributed by atoms with Crippen molar-refractivity contribution in [1.82, 2.24) is 15.4 Å². The van der Waals surface area contributed by atoms with Gasteiger partial charge in [-0.1, -0.05) is 13.8 Å². The van der Waals surface area contributed by atoms with Gasteiger partial charge >= 0.3 is 0 Å². The molecular weight excluding hydrogens is 612 g/mol. The highest BCUT2D eigenvalue weighted by Gasteiger charge is 2.60. The van der Waals surface area contributed by atoms with E-state index in [4.69, 9.17) is 9.47 Å². The Labute approximate surface area is 268 Å². The van der Waals surface area contributed by atoms with E-state index in [2.05, 4.69) is 15.7 Å². The number of nitrogens with zero attached hydrogens (tertiary/aromatic N) is 2. The third kappa shape index (κ3) is 4.87. The SMILES string of the molecule is Cc1cc(O)c2c(c1)C(=O)c1c(c3cc4c(nccc14)NCC(O)CC1=CC4(OC(O3)C(O)C(O)C4O)C(O)N(CC(C)C)N1)C2=O. The second-order valence-electron chi connectivity index (χ2n) is 13.1. The van der Waals surface area contributed by atoms with Crippen molar-refractivity contribution in [2.45, 2.75) is 69.7 Å². The van der Waals surface area contributed by atoms with Gasteiger partial charge in [0, 0.05) is 47.9 Å². The van der Waals surface area contributed by atoms with Crippen LogP contribution in [0.25, 0.3) is 10.8 Å². The zero-order valence-corrected chi connectivity index (χ0v) is 25.8. The molecule has 1 spiro atoms. The summed E-state index contributed by atoms with van der Waals surface area (Å²) in [6, 6.07) is 5.87. The molecule has 7 unspecified atom stereocenters. The lowest BCUT2D eigenvalue weighted by Crippen LogP contribution is -2.74. The Hall–Kier alpha value is -4.15. The summed E-state index contributed by atoms with van der Waals surface area (Å²) in [7, 11) is 0. The van der Waals surface area contributed by atoms with Crippen LogP contribution >= 0.6 is 0 Å². The number of fused-ring (bicyclic) bond motifs is 6. The third-order valence-electron chi connectivity index (χ3n) is 9.11. The van der Waals surface area contributed by atoms with Crippen LogP contribution in [0.5, 0.6) is 11.5 Å². The Morgan fingerprint density at radius 2 is 1.79 bits per heavy atom. The standard InChI is InChI=1S/C33H36N4O10/c1-13(2)12-37-32(45)33-10-15(36-37)8-16(38)11-35-30-18-9-21(46-31(47-33)28(43)27(42)29(33)44)24-23(17(18)4-5-34-30)25(40)19-6-14(3)7-20(39)22(19)26(24)41/h4-7,9-10,13,16,27-29,31-32,36,38-39,42-45H,8,11-12H2,1-3H3,(H,34,35). The van der Waals surface area contributed by atoms with E-state index in [1.54, 1.807) is 13.0 Å². The second kappa shape index (κ2) is 11.2. The van der Waals surface area contributed by atoms with Crippen LogP contribution in [-0.4, -0.2) is 108 Å². The first-order chi connectivity index (χ1) is 22.3. The molecule has 1 aliphatic carbocycles. The van der Waals surface area contributed by atoms with E-state index in [-0.39, 0.29) is 59.2 Å². The number of carbonyl (C=O) groups is 2. The van der Waals surface area contributed by atoms with E-state index >= 15 is 0 Å². The molecule has 7 rings (SSSR count). The Kier molecular flexibility index (Phi) is 7.52. The largest absolute Gasteiger partial charge is 0.507 e. The van der Waals surface area contributed by atoms with Gasteiger partial charge in [0.1, 0.15) is 35.6 Å². The number of aromatic nitrogens is 1. The third-order valence-corrected chi connectivity index (χ3v) is 9.11. The van der Waals surface area contributed by atoms with E-state index in [1.807, 2.05) is 13.8 Å². The lowest BCUT2D eigenvalue weighted by Gasteiger charge is -2.53. The highest BCUT2D eigenvalue weighted by molar-refractivity contribution is 6.34. The van der Waals surface area contributed by atoms with Gasteiger partial charge in [0.25, 0.3) is 0 Å². The van der Waals surface area contributed by atoms with Crippen molar-refractivity contribution in [1.29, 1.82) is 0 Å². The van der Waals surface area contributed by atoms with Gasteiger partial charge in [-0.2, -0.15) is 5.01 Å². The van der Waals surface area contributed by atoms with Crippen LogP contribution in [0.2, 0.25) is 0 Å². The van der Waals surface area contributed by atoms with Crippen molar-refractivity contribution in [3.8, 4) is 11.5 Å². The highest BCUT2D eigenvalue weighted by atomic mass is 16.7. The molecule has 1 fully saturated rings. The Morgan fingerprint density at radius 1 is 1.02 bits per heavy atom. The number of rotatable bonds is 2. The fraction of sp³-hybridized carbons (Fsp3) is 0.424. The molecule has 0 radical (unpaired) electrons. The Morgan fingerprint density at radius 3 is 2.53 bits per heavy atom. The molecule has 5 bridgehead atoms. The maximum Gasteiger partial charge on any atom is 0.229 e. The number of aromatic hydroxyl groups is 1. The number of carbonyl (C=O) groups excluding carboxylic acids is 2. The molecule has 8 N–H and O–H groups in total. The van der Waals surface area contributed by atoms with Gasteiger partial charge in [0.15, 0.2) is 17.6 Å². The number of hydrogen-bond donors (Lipinski definition) is 8. The van der Waals surface area contributed by atoms with Crippen LogP contribution in [0.3, 0.4) is 0 Å². The number of hydrazine groups is 1. The Bertz CT molecular complexity index is 1850. The van der Waals surface area contributed by atoms with Gasteiger partial charge in [-0.05, 0) is 54.1 Å². The van der Waals surface area contributed by atoms with Crippen molar-refractivity contribution >= 4 is 28.2 Å². The van der Waals surface area contributed by atoms with E-state index in [0.29, 0.717) is 22.0 Å². The number of anilines is 1. The van der Waals surface area contributed by atoms with E-state index in [1.165, 1.54) is 35.5 Å². The molecule has 1 saturated heterocycles. The molecule has 2 aromatic carbocycles. The van der Waals surface area contributed by atoms with Crippen molar-refractivity contribution in [2.75, 3.05) is 18.4 Å². The molecule has 7 atom stereocenters. The van der Waals surface area contributed by atoms with E-state index < -0.39 is 59.9 Å². The summed E-state index contributed by atoms with van der Waals surface area (Å²) in [6.07, 6.45) is -7.29. The number of pyridine rings is 1. The van der Waals surface area contributed by atoms with Gasteiger partial charge in [-0.15, -0.1) is 0 Å². The molecule has 0 amide bonds. The first-order valence-corrected chi connectivity index (χ1v) is 15.4. The number of ether oxygens (including phenoxy) is 2. The summed E-state index contributed by atoms with van der Waals surface area (Å²) in [6.45, 7) is 5.74. The minimum Gasteiger partial charge on any atom is -0.507 e. The van der Waals surface area contributed by atoms with Gasteiger partial charge in [0.05, 0.1) is 17.2 Å². The number of benzene rings is 2. The summed E-state index contributed by atoms with van der Waals surface area (Å²) >= 11 is 0. The lowest BCUT2D eigenvalue weighted by atomic mass is 9.80. The maximum absolute atomic E-state index is 14.2. The van der Waals surface area contributed by atoms with Crippen LogP contribution in [-0.2, 0) is 4.74 Å². The van der Waals surface area contributed by atoms with Crippen LogP contribution in [0.1, 0.15) is 57.7 Å². The molecular formula is C33H36N4O10.